The molecule has 0 aliphatic heterocycles. The van der Waals surface area contributed by atoms with Gasteiger partial charge in [0.1, 0.15) is 10.7 Å². The van der Waals surface area contributed by atoms with Crippen LogP contribution in [0, 0.1) is 10.5 Å². The van der Waals surface area contributed by atoms with Crippen LogP contribution < -0.4 is 0 Å². The third-order valence-corrected chi connectivity index (χ3v) is 4.53. The van der Waals surface area contributed by atoms with Gasteiger partial charge in [-0.2, -0.15) is 0 Å². The topological polar surface area (TPSA) is 96.5 Å². The predicted molar refractivity (Wildman–Crippen MR) is 89.0 cm³/mol. The van der Waals surface area contributed by atoms with Crippen molar-refractivity contribution in [1.29, 1.82) is 0 Å². The second-order valence-corrected chi connectivity index (χ2v) is 6.85. The molecule has 2 aromatic rings. The quantitative estimate of drug-likeness (QED) is 0.390. The Morgan fingerprint density at radius 2 is 2.19 bits per heavy atom. The summed E-state index contributed by atoms with van der Waals surface area (Å²) in [5.74, 6) is -0.621. The SMILES string of the molecule is Cc1nnc(S/C(=C\c2cc(Br)c(O)c(I)c2)C(=O)O)o1. The van der Waals surface area contributed by atoms with Crippen molar-refractivity contribution in [2.24, 2.45) is 0 Å². The van der Waals surface area contributed by atoms with Gasteiger partial charge in [0.25, 0.3) is 5.22 Å². The fourth-order valence-electron chi connectivity index (χ4n) is 1.37. The summed E-state index contributed by atoms with van der Waals surface area (Å²) in [7, 11) is 0. The van der Waals surface area contributed by atoms with Crippen LogP contribution in [-0.4, -0.2) is 26.4 Å². The summed E-state index contributed by atoms with van der Waals surface area (Å²) in [6, 6.07) is 3.29. The summed E-state index contributed by atoms with van der Waals surface area (Å²) in [6.07, 6.45) is 1.47. The lowest BCUT2D eigenvalue weighted by Gasteiger charge is -2.04. The molecular formula is C12H8BrIN2O4S. The fraction of sp³-hybridized carbons (Fsp3) is 0.0833. The number of halogens is 2. The second kappa shape index (κ2) is 6.79. The smallest absolute Gasteiger partial charge is 0.342 e. The molecule has 1 aromatic heterocycles. The average Bonchev–Trinajstić information content (AvgIpc) is 2.80. The van der Waals surface area contributed by atoms with E-state index in [4.69, 9.17) is 4.42 Å². The third-order valence-electron chi connectivity index (χ3n) is 2.25. The van der Waals surface area contributed by atoms with Crippen LogP contribution in [0.1, 0.15) is 11.5 Å². The number of aliphatic carboxylic acids is 1. The first kappa shape index (κ1) is 16.3. The molecule has 0 unspecified atom stereocenters. The van der Waals surface area contributed by atoms with Crippen molar-refractivity contribution in [3.63, 3.8) is 0 Å². The molecule has 110 valence electrons. The van der Waals surface area contributed by atoms with Crippen LogP contribution in [0.4, 0.5) is 0 Å². The van der Waals surface area contributed by atoms with E-state index in [0.717, 1.165) is 11.8 Å². The van der Waals surface area contributed by atoms with Gasteiger partial charge < -0.3 is 14.6 Å². The van der Waals surface area contributed by atoms with Crippen LogP contribution in [0.5, 0.6) is 5.75 Å². The van der Waals surface area contributed by atoms with Gasteiger partial charge in [0.05, 0.1) is 8.04 Å². The second-order valence-electron chi connectivity index (χ2n) is 3.84. The van der Waals surface area contributed by atoms with E-state index in [1.165, 1.54) is 6.08 Å². The van der Waals surface area contributed by atoms with Crippen LogP contribution >= 0.6 is 50.3 Å². The summed E-state index contributed by atoms with van der Waals surface area (Å²) in [5.41, 5.74) is 0.630. The third kappa shape index (κ3) is 4.20. The number of hydrogen-bond donors (Lipinski definition) is 2. The number of phenols is 1. The maximum Gasteiger partial charge on any atom is 0.342 e. The lowest BCUT2D eigenvalue weighted by atomic mass is 10.2. The normalized spacial score (nSPS) is 11.7. The lowest BCUT2D eigenvalue weighted by Crippen LogP contribution is -1.97. The standard InChI is InChI=1S/C12H8BrIN2O4S/c1-5-15-16-12(20-5)21-9(11(18)19)4-6-2-7(13)10(17)8(14)3-6/h2-4,17H,1H3,(H,18,19)/b9-4-. The van der Waals surface area contributed by atoms with Crippen molar-refractivity contribution in [1.82, 2.24) is 10.2 Å². The Morgan fingerprint density at radius 3 is 2.71 bits per heavy atom. The van der Waals surface area contributed by atoms with Gasteiger partial charge in [0.15, 0.2) is 0 Å². The summed E-state index contributed by atoms with van der Waals surface area (Å²) in [5, 5.41) is 26.5. The van der Waals surface area contributed by atoms with Gasteiger partial charge in [-0.25, -0.2) is 4.79 Å². The number of nitrogens with zero attached hydrogens (tertiary/aromatic N) is 2. The highest BCUT2D eigenvalue weighted by molar-refractivity contribution is 14.1. The molecule has 0 saturated heterocycles. The molecule has 6 nitrogen and oxygen atoms in total. The molecule has 0 radical (unpaired) electrons. The van der Waals surface area contributed by atoms with Crippen molar-refractivity contribution in [2.45, 2.75) is 12.1 Å². The molecule has 21 heavy (non-hydrogen) atoms. The molecule has 0 amide bonds. The van der Waals surface area contributed by atoms with E-state index in [1.807, 2.05) is 22.6 Å². The zero-order chi connectivity index (χ0) is 15.6. The van der Waals surface area contributed by atoms with E-state index < -0.39 is 5.97 Å². The summed E-state index contributed by atoms with van der Waals surface area (Å²) >= 11 is 6.05. The number of rotatable bonds is 4. The molecule has 1 aromatic carbocycles. The Hall–Kier alpha value is -1.07. The van der Waals surface area contributed by atoms with Gasteiger partial charge in [0, 0.05) is 6.92 Å². The summed E-state index contributed by atoms with van der Waals surface area (Å²) in [6.45, 7) is 1.63. The average molecular weight is 483 g/mol. The minimum absolute atomic E-state index is 0.0343. The van der Waals surface area contributed by atoms with Crippen molar-refractivity contribution < 1.29 is 19.4 Å². The number of thioether (sulfide) groups is 1. The molecule has 0 aliphatic carbocycles. The molecule has 9 heteroatoms. The minimum Gasteiger partial charge on any atom is -0.506 e. The van der Waals surface area contributed by atoms with Crippen molar-refractivity contribution >= 4 is 62.3 Å². The number of aromatic hydroxyl groups is 1. The molecule has 2 N–H and O–H groups in total. The highest BCUT2D eigenvalue weighted by Crippen LogP contribution is 2.33. The molecule has 0 aliphatic rings. The number of aromatic nitrogens is 2. The molecular weight excluding hydrogens is 475 g/mol. The zero-order valence-electron chi connectivity index (χ0n) is 10.5. The Labute approximate surface area is 145 Å². The van der Waals surface area contributed by atoms with Crippen molar-refractivity contribution in [3.8, 4) is 5.75 Å². The molecule has 0 spiro atoms. The first-order valence-electron chi connectivity index (χ1n) is 5.48. The van der Waals surface area contributed by atoms with Gasteiger partial charge in [-0.3, -0.25) is 0 Å². The largest absolute Gasteiger partial charge is 0.506 e. The van der Waals surface area contributed by atoms with Crippen LogP contribution in [-0.2, 0) is 4.79 Å². The van der Waals surface area contributed by atoms with E-state index in [2.05, 4.69) is 26.1 Å². The number of carbonyl (C=O) groups is 1. The number of hydrogen-bond acceptors (Lipinski definition) is 6. The molecule has 0 bridgehead atoms. The van der Waals surface area contributed by atoms with Gasteiger partial charge >= 0.3 is 5.97 Å². The van der Waals surface area contributed by atoms with E-state index in [9.17, 15) is 15.0 Å². The van der Waals surface area contributed by atoms with Gasteiger partial charge in [-0.05, 0) is 74.1 Å². The zero-order valence-corrected chi connectivity index (χ0v) is 15.1. The molecule has 0 atom stereocenters. The lowest BCUT2D eigenvalue weighted by molar-refractivity contribution is -0.131. The van der Waals surface area contributed by atoms with E-state index in [0.29, 0.717) is 19.5 Å². The highest BCUT2D eigenvalue weighted by atomic mass is 127. The molecule has 0 saturated carbocycles. The van der Waals surface area contributed by atoms with Crippen LogP contribution in [0.2, 0.25) is 0 Å². The maximum absolute atomic E-state index is 11.3. The highest BCUT2D eigenvalue weighted by Gasteiger charge is 2.15. The number of benzene rings is 1. The number of phenolic OH excluding ortho intramolecular Hbond substituents is 1. The fourth-order valence-corrected chi connectivity index (χ4v) is 3.58. The predicted octanol–water partition coefficient (Wildman–Crippen LogP) is 3.67. The minimum atomic E-state index is -1.10. The summed E-state index contributed by atoms with van der Waals surface area (Å²) in [4.78, 5) is 11.3. The number of aryl methyl sites for hydroxylation is 1. The van der Waals surface area contributed by atoms with Crippen LogP contribution in [0.25, 0.3) is 6.08 Å². The van der Waals surface area contributed by atoms with Gasteiger partial charge in [-0.1, -0.05) is 0 Å². The van der Waals surface area contributed by atoms with Gasteiger partial charge in [0.2, 0.25) is 5.89 Å². The Kier molecular flexibility index (Phi) is 5.27. The van der Waals surface area contributed by atoms with Crippen LogP contribution in [0.3, 0.4) is 0 Å². The molecule has 0 fully saturated rings. The van der Waals surface area contributed by atoms with Crippen LogP contribution in [0.15, 0.2) is 31.2 Å². The number of carboxylic acid groups (broad SMARTS) is 1. The van der Waals surface area contributed by atoms with Crippen molar-refractivity contribution in [3.05, 3.63) is 36.5 Å². The molecule has 2 rings (SSSR count). The summed E-state index contributed by atoms with van der Waals surface area (Å²) < 4.78 is 6.25. The Bertz CT molecular complexity index is 709. The Balaban J connectivity index is 2.36. The van der Waals surface area contributed by atoms with E-state index >= 15 is 0 Å². The monoisotopic (exact) mass is 482 g/mol. The van der Waals surface area contributed by atoms with E-state index in [1.54, 1.807) is 19.1 Å². The number of carboxylic acids is 1. The van der Waals surface area contributed by atoms with Gasteiger partial charge in [-0.15, -0.1) is 10.2 Å². The first-order chi connectivity index (χ1) is 9.86. The Morgan fingerprint density at radius 1 is 1.48 bits per heavy atom. The van der Waals surface area contributed by atoms with E-state index in [-0.39, 0.29) is 15.9 Å². The molecule has 1 heterocycles. The maximum atomic E-state index is 11.3. The van der Waals surface area contributed by atoms with Crippen molar-refractivity contribution in [2.75, 3.05) is 0 Å². The first-order valence-corrected chi connectivity index (χ1v) is 8.16.